The highest BCUT2D eigenvalue weighted by molar-refractivity contribution is 7.19. The molecule has 0 fully saturated rings. The molecule has 5 rings (SSSR count). The molecule has 32 heavy (non-hydrogen) atoms. The second kappa shape index (κ2) is 9.48. The lowest BCUT2D eigenvalue weighted by molar-refractivity contribution is -0.929. The predicted molar refractivity (Wildman–Crippen MR) is 127 cm³/mol. The molecule has 4 heterocycles. The van der Waals surface area contributed by atoms with E-state index in [9.17, 15) is 0 Å². The molecular formula is C23H32N8S+2. The predicted octanol–water partition coefficient (Wildman–Crippen LogP) is 0.602. The maximum atomic E-state index is 4.80. The van der Waals surface area contributed by atoms with Crippen molar-refractivity contribution >= 4 is 33.1 Å². The maximum Gasteiger partial charge on any atom is 0.276 e. The van der Waals surface area contributed by atoms with Crippen LogP contribution in [0, 0.1) is 0 Å². The molecule has 1 atom stereocenters. The fraction of sp³-hybridized carbons (Fsp3) is 0.478. The number of tetrazole rings is 1. The zero-order valence-electron chi connectivity index (χ0n) is 18.9. The quantitative estimate of drug-likeness (QED) is 0.324. The van der Waals surface area contributed by atoms with Crippen molar-refractivity contribution in [1.29, 1.82) is 0 Å². The smallest absolute Gasteiger partial charge is 0.276 e. The van der Waals surface area contributed by atoms with Crippen molar-refractivity contribution in [3.8, 4) is 0 Å². The van der Waals surface area contributed by atoms with Crippen LogP contribution >= 0.6 is 11.3 Å². The van der Waals surface area contributed by atoms with Gasteiger partial charge in [0, 0.05) is 24.9 Å². The summed E-state index contributed by atoms with van der Waals surface area (Å²) in [4.78, 5) is 10.6. The molecule has 0 amide bonds. The minimum atomic E-state index is 0.571. The lowest BCUT2D eigenvalue weighted by atomic mass is 10.0. The van der Waals surface area contributed by atoms with Crippen LogP contribution in [0.4, 0.5) is 5.82 Å². The number of nitrogens with one attached hydrogen (secondary N) is 3. The van der Waals surface area contributed by atoms with Crippen molar-refractivity contribution in [2.75, 3.05) is 38.0 Å². The second-order valence-corrected chi connectivity index (χ2v) is 9.70. The average molecular weight is 453 g/mol. The van der Waals surface area contributed by atoms with Crippen LogP contribution in [-0.4, -0.2) is 57.7 Å². The van der Waals surface area contributed by atoms with Crippen molar-refractivity contribution in [2.24, 2.45) is 0 Å². The highest BCUT2D eigenvalue weighted by Crippen LogP contribution is 2.36. The number of aromatic nitrogens is 5. The number of nitrogens with zero attached hydrogens (tertiary/aromatic N) is 5. The van der Waals surface area contributed by atoms with E-state index in [1.165, 1.54) is 41.0 Å². The molecule has 3 N–H and O–H groups in total. The van der Waals surface area contributed by atoms with Crippen molar-refractivity contribution in [2.45, 2.75) is 39.8 Å². The lowest BCUT2D eigenvalue weighted by Crippen LogP contribution is -3.11. The number of quaternary nitrogens is 2. The third-order valence-corrected chi connectivity index (χ3v) is 7.81. The Balaban J connectivity index is 1.40. The summed E-state index contributed by atoms with van der Waals surface area (Å²) in [6.45, 7) is 12.2. The summed E-state index contributed by atoms with van der Waals surface area (Å²) >= 11 is 1.83. The van der Waals surface area contributed by atoms with Gasteiger partial charge in [-0.1, -0.05) is 35.4 Å². The van der Waals surface area contributed by atoms with Gasteiger partial charge in [0.1, 0.15) is 23.7 Å². The molecule has 4 aromatic rings. The molecule has 0 saturated heterocycles. The molecule has 8 nitrogen and oxygen atoms in total. The minimum Gasteiger partial charge on any atom is -0.369 e. The summed E-state index contributed by atoms with van der Waals surface area (Å²) in [7, 11) is 0. The van der Waals surface area contributed by atoms with Crippen molar-refractivity contribution in [1.82, 2.24) is 25.0 Å². The van der Waals surface area contributed by atoms with Gasteiger partial charge in [0.15, 0.2) is 0 Å². The van der Waals surface area contributed by atoms with Crippen LogP contribution < -0.4 is 15.1 Å². The Kier molecular flexibility index (Phi) is 6.29. The monoisotopic (exact) mass is 452 g/mol. The Hall–Kier alpha value is -2.62. The summed E-state index contributed by atoms with van der Waals surface area (Å²) < 4.78 is 1.81. The van der Waals surface area contributed by atoms with Gasteiger partial charge in [-0.2, -0.15) is 9.50 Å². The summed E-state index contributed by atoms with van der Waals surface area (Å²) in [5.74, 6) is 1.52. The van der Waals surface area contributed by atoms with E-state index < -0.39 is 0 Å². The average Bonchev–Trinajstić information content (AvgIpc) is 3.44. The zero-order valence-corrected chi connectivity index (χ0v) is 19.7. The van der Waals surface area contributed by atoms with Gasteiger partial charge in [0.2, 0.25) is 0 Å². The van der Waals surface area contributed by atoms with Gasteiger partial charge in [0.05, 0.1) is 36.4 Å². The number of hydrogen-bond acceptors (Lipinski definition) is 6. The van der Waals surface area contributed by atoms with Gasteiger partial charge in [0.25, 0.3) is 5.78 Å². The van der Waals surface area contributed by atoms with Gasteiger partial charge < -0.3 is 15.1 Å². The molecular weight excluding hydrogens is 420 g/mol. The van der Waals surface area contributed by atoms with E-state index in [2.05, 4.69) is 65.0 Å². The Bertz CT molecular complexity index is 1180. The third-order valence-electron chi connectivity index (χ3n) is 6.60. The van der Waals surface area contributed by atoms with Crippen LogP contribution in [-0.2, 0) is 19.5 Å². The highest BCUT2D eigenvalue weighted by Gasteiger charge is 2.27. The lowest BCUT2D eigenvalue weighted by Gasteiger charge is -2.24. The van der Waals surface area contributed by atoms with E-state index in [0.717, 1.165) is 49.7 Å². The first-order chi connectivity index (χ1) is 15.8. The SMILES string of the molecule is CC[NH+](CC)CCCNc1nc2nnnn2c2sc3c(c12)CC[NH+](Cc1ccccc1)C3. The van der Waals surface area contributed by atoms with Crippen LogP contribution in [0.1, 0.15) is 36.3 Å². The highest BCUT2D eigenvalue weighted by atomic mass is 32.1. The number of anilines is 1. The van der Waals surface area contributed by atoms with Crippen LogP contribution in [0.5, 0.6) is 0 Å². The summed E-state index contributed by atoms with van der Waals surface area (Å²) in [5, 5.41) is 17.1. The number of thiophene rings is 1. The molecule has 168 valence electrons. The molecule has 0 radical (unpaired) electrons. The standard InChI is InChI=1S/C23H30N8S/c1-3-29(4-2)13-8-12-24-21-20-18-11-14-30(15-17-9-6-5-7-10-17)16-19(18)32-22(20)31-23(25-21)26-27-28-31/h5-7,9-10H,3-4,8,11-16H2,1-2H3,(H,24,25,26,28)/p+2. The first-order valence-electron chi connectivity index (χ1n) is 11.7. The van der Waals surface area contributed by atoms with Gasteiger partial charge >= 0.3 is 0 Å². The zero-order chi connectivity index (χ0) is 21.9. The molecule has 1 aliphatic heterocycles. The third kappa shape index (κ3) is 4.20. The van der Waals surface area contributed by atoms with E-state index in [1.54, 1.807) is 14.3 Å². The van der Waals surface area contributed by atoms with E-state index >= 15 is 0 Å². The molecule has 3 aromatic heterocycles. The molecule has 0 aliphatic carbocycles. The molecule has 0 bridgehead atoms. The summed E-state index contributed by atoms with van der Waals surface area (Å²) in [6, 6.07) is 10.8. The maximum absolute atomic E-state index is 4.80. The second-order valence-electron chi connectivity index (χ2n) is 8.61. The van der Waals surface area contributed by atoms with Gasteiger partial charge in [-0.15, -0.1) is 11.3 Å². The topological polar surface area (TPSA) is 76.9 Å². The normalized spacial score (nSPS) is 16.2. The number of hydrogen-bond donors (Lipinski definition) is 3. The fourth-order valence-electron chi connectivity index (χ4n) is 4.77. The Morgan fingerprint density at radius 2 is 2.03 bits per heavy atom. The van der Waals surface area contributed by atoms with Gasteiger partial charge in [-0.25, -0.2) is 0 Å². The van der Waals surface area contributed by atoms with Crippen molar-refractivity contribution in [3.05, 3.63) is 46.3 Å². The van der Waals surface area contributed by atoms with Crippen LogP contribution in [0.2, 0.25) is 0 Å². The van der Waals surface area contributed by atoms with Gasteiger partial charge in [-0.05, 0) is 29.8 Å². The Morgan fingerprint density at radius 3 is 2.84 bits per heavy atom. The minimum absolute atomic E-state index is 0.571. The summed E-state index contributed by atoms with van der Waals surface area (Å²) in [5.41, 5.74) is 2.83. The molecule has 0 spiro atoms. The number of fused-ring (bicyclic) bond motifs is 5. The Labute approximate surface area is 192 Å². The number of benzene rings is 1. The van der Waals surface area contributed by atoms with Crippen LogP contribution in [0.15, 0.2) is 30.3 Å². The summed E-state index contributed by atoms with van der Waals surface area (Å²) in [6.07, 6.45) is 2.18. The van der Waals surface area contributed by atoms with Crippen LogP contribution in [0.3, 0.4) is 0 Å². The first-order valence-corrected chi connectivity index (χ1v) is 12.6. The van der Waals surface area contributed by atoms with Crippen molar-refractivity contribution < 1.29 is 9.80 Å². The van der Waals surface area contributed by atoms with E-state index in [1.807, 2.05) is 11.3 Å². The molecule has 1 aliphatic rings. The molecule has 1 aromatic carbocycles. The number of rotatable bonds is 9. The van der Waals surface area contributed by atoms with Crippen LogP contribution in [0.25, 0.3) is 16.0 Å². The fourth-order valence-corrected chi connectivity index (χ4v) is 6.13. The van der Waals surface area contributed by atoms with E-state index in [4.69, 9.17) is 4.98 Å². The molecule has 1 unspecified atom stereocenters. The first kappa shape index (κ1) is 21.2. The van der Waals surface area contributed by atoms with E-state index in [0.29, 0.717) is 5.78 Å². The largest absolute Gasteiger partial charge is 0.369 e. The Morgan fingerprint density at radius 1 is 1.19 bits per heavy atom. The molecule has 0 saturated carbocycles. The van der Waals surface area contributed by atoms with E-state index in [-0.39, 0.29) is 0 Å². The molecule has 9 heteroatoms. The van der Waals surface area contributed by atoms with Gasteiger partial charge in [-0.3, -0.25) is 0 Å². The van der Waals surface area contributed by atoms with Crippen molar-refractivity contribution in [3.63, 3.8) is 0 Å².